The molecule has 0 N–H and O–H groups in total. The number of amidine groups is 1. The van der Waals surface area contributed by atoms with Crippen molar-refractivity contribution < 1.29 is 14.7 Å². The average molecular weight is 319 g/mol. The van der Waals surface area contributed by atoms with E-state index in [1.807, 2.05) is 12.1 Å². The molecule has 0 unspecified atom stereocenters. The molecule has 0 aliphatic carbocycles. The molecule has 1 aromatic carbocycles. The Bertz CT molecular complexity index is 591. The van der Waals surface area contributed by atoms with Gasteiger partial charge in [-0.2, -0.15) is 0 Å². The molecule has 23 heavy (non-hydrogen) atoms. The molecule has 0 saturated heterocycles. The number of benzene rings is 1. The lowest BCUT2D eigenvalue weighted by atomic mass is 9.84. The van der Waals surface area contributed by atoms with E-state index in [1.165, 1.54) is 0 Å². The summed E-state index contributed by atoms with van der Waals surface area (Å²) in [6.07, 6.45) is 1.07. The van der Waals surface area contributed by atoms with Gasteiger partial charge in [0.2, 0.25) is 0 Å². The first kappa shape index (κ1) is 17.6. The van der Waals surface area contributed by atoms with Crippen molar-refractivity contribution in [3.8, 4) is 5.75 Å². The lowest BCUT2D eigenvalue weighted by molar-refractivity contribution is -0.539. The van der Waals surface area contributed by atoms with E-state index < -0.39 is 11.1 Å². The summed E-state index contributed by atoms with van der Waals surface area (Å²) in [5.74, 6) is 1.41. The van der Waals surface area contributed by atoms with Gasteiger partial charge in [-0.15, -0.1) is 0 Å². The Balaban J connectivity index is 2.24. The number of hydrogen-bond acceptors (Lipinski definition) is 3. The second kappa shape index (κ2) is 6.04. The van der Waals surface area contributed by atoms with Crippen LogP contribution in [0.1, 0.15) is 53.5 Å². The zero-order valence-corrected chi connectivity index (χ0v) is 14.9. The molecule has 1 atom stereocenters. The third-order valence-electron chi connectivity index (χ3n) is 5.24. The molecular weight excluding hydrogens is 292 g/mol. The molecule has 127 valence electrons. The minimum Gasteiger partial charge on any atom is -0.714 e. The number of nitrogens with zero attached hydrogens (tertiary/aromatic N) is 2. The molecule has 0 saturated carbocycles. The minimum atomic E-state index is -0.796. The van der Waals surface area contributed by atoms with Crippen molar-refractivity contribution in [3.63, 3.8) is 0 Å². The van der Waals surface area contributed by atoms with Crippen LogP contribution in [0.4, 0.5) is 0 Å². The van der Waals surface area contributed by atoms with Gasteiger partial charge in [0.05, 0.1) is 12.2 Å². The lowest BCUT2D eigenvalue weighted by Gasteiger charge is -2.32. The van der Waals surface area contributed by atoms with E-state index in [-0.39, 0.29) is 5.84 Å². The highest BCUT2D eigenvalue weighted by Crippen LogP contribution is 2.37. The van der Waals surface area contributed by atoms with Gasteiger partial charge in [0.15, 0.2) is 5.54 Å². The number of ether oxygens (including phenoxy) is 1. The Hall–Kier alpha value is -1.75. The van der Waals surface area contributed by atoms with E-state index in [1.54, 1.807) is 39.8 Å². The molecule has 0 bridgehead atoms. The molecule has 1 heterocycles. The predicted octanol–water partition coefficient (Wildman–Crippen LogP) is 3.59. The molecule has 0 amide bonds. The lowest BCUT2D eigenvalue weighted by Crippen LogP contribution is -2.53. The van der Waals surface area contributed by atoms with Gasteiger partial charge in [-0.05, 0) is 57.9 Å². The van der Waals surface area contributed by atoms with Crippen molar-refractivity contribution in [2.45, 2.75) is 59.0 Å². The molecule has 0 spiro atoms. The van der Waals surface area contributed by atoms with E-state index in [2.05, 4.69) is 13.8 Å². The quantitative estimate of drug-likeness (QED) is 0.615. The average Bonchev–Trinajstić information content (AvgIpc) is 2.63. The molecule has 1 radical (unpaired) electrons. The zero-order valence-electron chi connectivity index (χ0n) is 14.9. The van der Waals surface area contributed by atoms with Crippen LogP contribution < -0.4 is 4.74 Å². The normalized spacial score (nSPS) is 20.7. The molecule has 2 rings (SSSR count). The maximum Gasteiger partial charge on any atom is 0.316 e. The Morgan fingerprint density at radius 3 is 2.22 bits per heavy atom. The summed E-state index contributed by atoms with van der Waals surface area (Å²) in [6, 6.07) is 7.17. The summed E-state index contributed by atoms with van der Waals surface area (Å²) in [7, 11) is 0. The maximum atomic E-state index is 12.6. The summed E-state index contributed by atoms with van der Waals surface area (Å²) < 4.78 is 6.55. The van der Waals surface area contributed by atoms with Crippen LogP contribution in [0, 0.1) is 11.1 Å². The van der Waals surface area contributed by atoms with Crippen molar-refractivity contribution in [1.29, 1.82) is 0 Å². The van der Waals surface area contributed by atoms with Gasteiger partial charge < -0.3 is 9.94 Å². The van der Waals surface area contributed by atoms with Crippen LogP contribution >= 0.6 is 0 Å². The zero-order chi connectivity index (χ0) is 17.4. The highest BCUT2D eigenvalue weighted by atomic mass is 16.5. The van der Waals surface area contributed by atoms with Crippen LogP contribution in [-0.2, 0) is 5.21 Å². The topological polar surface area (TPSA) is 58.4 Å². The van der Waals surface area contributed by atoms with Crippen LogP contribution in [-0.4, -0.2) is 33.3 Å². The van der Waals surface area contributed by atoms with Gasteiger partial charge in [0.25, 0.3) is 0 Å². The molecule has 1 aliphatic heterocycles. The van der Waals surface area contributed by atoms with Gasteiger partial charge in [0.1, 0.15) is 11.3 Å². The standard InChI is InChI=1S/C18H27N2O3/c1-7-13(2)12-23-15-10-8-14(9-11-15)16-19(21)17(3,4)18(5,6)20(16)22/h8-11,13H,7,12H2,1-6H3/t13-/m0/s1. The first-order valence-electron chi connectivity index (χ1n) is 8.17. The summed E-state index contributed by atoms with van der Waals surface area (Å²) >= 11 is 0. The van der Waals surface area contributed by atoms with Crippen LogP contribution in [0.25, 0.3) is 0 Å². The second-order valence-electron chi connectivity index (χ2n) is 7.38. The summed E-state index contributed by atoms with van der Waals surface area (Å²) in [5, 5.41) is 26.0. The number of hydroxylamine groups is 3. The van der Waals surface area contributed by atoms with Crippen LogP contribution in [0.3, 0.4) is 0 Å². The molecule has 0 fully saturated rings. The largest absolute Gasteiger partial charge is 0.714 e. The number of rotatable bonds is 5. The molecule has 1 aromatic rings. The van der Waals surface area contributed by atoms with Gasteiger partial charge >= 0.3 is 5.84 Å². The van der Waals surface area contributed by atoms with Crippen molar-refractivity contribution in [3.05, 3.63) is 35.0 Å². The fourth-order valence-electron chi connectivity index (χ4n) is 2.40. The second-order valence-corrected chi connectivity index (χ2v) is 7.38. The van der Waals surface area contributed by atoms with Crippen molar-refractivity contribution >= 4 is 5.84 Å². The fraction of sp³-hybridized carbons (Fsp3) is 0.611. The molecular formula is C18H27N2O3. The van der Waals surface area contributed by atoms with Crippen LogP contribution in [0.2, 0.25) is 0 Å². The van der Waals surface area contributed by atoms with Crippen LogP contribution in [0.5, 0.6) is 5.75 Å². The van der Waals surface area contributed by atoms with E-state index in [4.69, 9.17) is 4.74 Å². The van der Waals surface area contributed by atoms with Crippen molar-refractivity contribution in [1.82, 2.24) is 5.06 Å². The van der Waals surface area contributed by atoms with E-state index in [0.717, 1.165) is 22.0 Å². The monoisotopic (exact) mass is 319 g/mol. The molecule has 5 heteroatoms. The van der Waals surface area contributed by atoms with Crippen molar-refractivity contribution in [2.24, 2.45) is 5.92 Å². The molecule has 0 aromatic heterocycles. The summed E-state index contributed by atoms with van der Waals surface area (Å²) in [4.78, 5) is 0. The first-order chi connectivity index (χ1) is 10.6. The van der Waals surface area contributed by atoms with E-state index in [9.17, 15) is 10.4 Å². The Kier molecular flexibility index (Phi) is 4.62. The molecule has 1 aliphatic rings. The van der Waals surface area contributed by atoms with Gasteiger partial charge in [-0.3, -0.25) is 4.74 Å². The fourth-order valence-corrected chi connectivity index (χ4v) is 2.40. The Labute approximate surface area is 138 Å². The maximum absolute atomic E-state index is 12.6. The van der Waals surface area contributed by atoms with Gasteiger partial charge in [0, 0.05) is 5.21 Å². The van der Waals surface area contributed by atoms with E-state index in [0.29, 0.717) is 18.1 Å². The third-order valence-corrected chi connectivity index (χ3v) is 5.24. The SMILES string of the molecule is CC[C@H](C)COc1ccc(C2=[N+]([O-])C(C)(C)C(C)(C)N2[O])cc1. The predicted molar refractivity (Wildman–Crippen MR) is 89.8 cm³/mol. The van der Waals surface area contributed by atoms with Gasteiger partial charge in [-0.25, -0.2) is 0 Å². The first-order valence-corrected chi connectivity index (χ1v) is 8.17. The Morgan fingerprint density at radius 1 is 1.22 bits per heavy atom. The van der Waals surface area contributed by atoms with E-state index >= 15 is 0 Å². The minimum absolute atomic E-state index is 0.161. The number of hydrogen-bond donors (Lipinski definition) is 0. The smallest absolute Gasteiger partial charge is 0.316 e. The van der Waals surface area contributed by atoms with Gasteiger partial charge in [-0.1, -0.05) is 25.3 Å². The third kappa shape index (κ3) is 2.90. The highest BCUT2D eigenvalue weighted by Gasteiger charge is 2.59. The van der Waals surface area contributed by atoms with Crippen molar-refractivity contribution in [2.75, 3.05) is 6.61 Å². The highest BCUT2D eigenvalue weighted by molar-refractivity contribution is 5.96. The Morgan fingerprint density at radius 2 is 1.78 bits per heavy atom. The molecule has 5 nitrogen and oxygen atoms in total. The van der Waals surface area contributed by atoms with Crippen LogP contribution in [0.15, 0.2) is 24.3 Å². The summed E-state index contributed by atoms with van der Waals surface area (Å²) in [5.41, 5.74) is -0.976. The summed E-state index contributed by atoms with van der Waals surface area (Å²) in [6.45, 7) is 12.1.